The minimum Gasteiger partial charge on any atom is -0.497 e. The van der Waals surface area contributed by atoms with Gasteiger partial charge in [-0.05, 0) is 61.4 Å². The minimum absolute atomic E-state index is 0.232. The van der Waals surface area contributed by atoms with Gasteiger partial charge in [-0.15, -0.1) is 0 Å². The van der Waals surface area contributed by atoms with Gasteiger partial charge in [0, 0.05) is 31.6 Å². The van der Waals surface area contributed by atoms with E-state index in [9.17, 15) is 8.42 Å². The fourth-order valence-electron chi connectivity index (χ4n) is 2.37. The summed E-state index contributed by atoms with van der Waals surface area (Å²) in [5.74, 6) is 0.625. The predicted molar refractivity (Wildman–Crippen MR) is 100.0 cm³/mol. The van der Waals surface area contributed by atoms with Gasteiger partial charge in [-0.3, -0.25) is 4.72 Å². The number of methoxy groups -OCH3 is 2. The van der Waals surface area contributed by atoms with Gasteiger partial charge in [-0.2, -0.15) is 0 Å². The van der Waals surface area contributed by atoms with Gasteiger partial charge in [0.2, 0.25) is 0 Å². The summed E-state index contributed by atoms with van der Waals surface area (Å²) in [6.45, 7) is 3.24. The Morgan fingerprint density at radius 2 is 1.68 bits per heavy atom. The van der Waals surface area contributed by atoms with E-state index in [4.69, 9.17) is 9.47 Å². The van der Waals surface area contributed by atoms with E-state index in [1.165, 1.54) is 0 Å². The standard InChI is InChI=1S/C18H24N2O4S/c1-14-13-17(24-3)9-10-18(14)25(21,22)20-16-7-5-15(6-8-16)19-11-4-12-23-2/h5-10,13,19-20H,4,11-12H2,1-3H3. The maximum absolute atomic E-state index is 12.6. The van der Waals surface area contributed by atoms with Crippen molar-refractivity contribution in [1.29, 1.82) is 0 Å². The smallest absolute Gasteiger partial charge is 0.262 e. The van der Waals surface area contributed by atoms with Crippen molar-refractivity contribution in [3.63, 3.8) is 0 Å². The first kappa shape index (κ1) is 19.1. The van der Waals surface area contributed by atoms with Gasteiger partial charge < -0.3 is 14.8 Å². The quantitative estimate of drug-likeness (QED) is 0.668. The first-order valence-corrected chi connectivity index (χ1v) is 9.45. The Balaban J connectivity index is 2.05. The van der Waals surface area contributed by atoms with E-state index >= 15 is 0 Å². The lowest BCUT2D eigenvalue weighted by atomic mass is 10.2. The Morgan fingerprint density at radius 3 is 2.28 bits per heavy atom. The molecule has 2 rings (SSSR count). The van der Waals surface area contributed by atoms with Crippen LogP contribution in [0.1, 0.15) is 12.0 Å². The van der Waals surface area contributed by atoms with Crippen LogP contribution in [0, 0.1) is 6.92 Å². The van der Waals surface area contributed by atoms with Gasteiger partial charge in [-0.25, -0.2) is 8.42 Å². The Kier molecular flexibility index (Phi) is 6.66. The molecule has 0 spiro atoms. The summed E-state index contributed by atoms with van der Waals surface area (Å²) in [6.07, 6.45) is 0.904. The summed E-state index contributed by atoms with van der Waals surface area (Å²) in [5, 5.41) is 3.25. The molecule has 0 saturated carbocycles. The SMILES string of the molecule is COCCCNc1ccc(NS(=O)(=O)c2ccc(OC)cc2C)cc1. The zero-order valence-corrected chi connectivity index (χ0v) is 15.5. The molecule has 2 N–H and O–H groups in total. The Morgan fingerprint density at radius 1 is 1.00 bits per heavy atom. The number of benzene rings is 2. The molecule has 0 aliphatic heterocycles. The van der Waals surface area contributed by atoms with Crippen molar-refractivity contribution in [3.8, 4) is 5.75 Å². The third-order valence-corrected chi connectivity index (χ3v) is 5.20. The second-order valence-corrected chi connectivity index (χ2v) is 7.24. The fraction of sp³-hybridized carbons (Fsp3) is 0.333. The summed E-state index contributed by atoms with van der Waals surface area (Å²) in [6, 6.07) is 12.0. The number of anilines is 2. The van der Waals surface area contributed by atoms with E-state index in [1.807, 2.05) is 12.1 Å². The van der Waals surface area contributed by atoms with Crippen LogP contribution in [0.5, 0.6) is 5.75 Å². The maximum atomic E-state index is 12.6. The average Bonchev–Trinajstić information content (AvgIpc) is 2.59. The van der Waals surface area contributed by atoms with Crippen molar-refractivity contribution in [2.75, 3.05) is 37.4 Å². The van der Waals surface area contributed by atoms with Crippen molar-refractivity contribution in [3.05, 3.63) is 48.0 Å². The van der Waals surface area contributed by atoms with E-state index in [1.54, 1.807) is 51.5 Å². The average molecular weight is 364 g/mol. The molecule has 7 heteroatoms. The summed E-state index contributed by atoms with van der Waals surface area (Å²) in [4.78, 5) is 0.232. The van der Waals surface area contributed by atoms with Gasteiger partial charge in [0.25, 0.3) is 10.0 Å². The number of aryl methyl sites for hydroxylation is 1. The summed E-state index contributed by atoms with van der Waals surface area (Å²) < 4.78 is 37.8. The van der Waals surface area contributed by atoms with E-state index < -0.39 is 10.0 Å². The van der Waals surface area contributed by atoms with Gasteiger partial charge in [0.1, 0.15) is 5.75 Å². The molecule has 0 aromatic heterocycles. The molecule has 0 atom stereocenters. The van der Waals surface area contributed by atoms with Crippen molar-refractivity contribution in [1.82, 2.24) is 0 Å². The van der Waals surface area contributed by atoms with Crippen molar-refractivity contribution in [2.45, 2.75) is 18.2 Å². The Hall–Kier alpha value is -2.25. The van der Waals surface area contributed by atoms with Crippen LogP contribution in [0.25, 0.3) is 0 Å². The van der Waals surface area contributed by atoms with Crippen molar-refractivity contribution >= 4 is 21.4 Å². The van der Waals surface area contributed by atoms with Crippen LogP contribution in [-0.4, -0.2) is 35.8 Å². The molecule has 2 aromatic rings. The number of nitrogens with one attached hydrogen (secondary N) is 2. The molecule has 136 valence electrons. The van der Waals surface area contributed by atoms with Crippen molar-refractivity contribution < 1.29 is 17.9 Å². The van der Waals surface area contributed by atoms with Crippen LogP contribution >= 0.6 is 0 Å². The summed E-state index contributed by atoms with van der Waals surface area (Å²) >= 11 is 0. The highest BCUT2D eigenvalue weighted by Gasteiger charge is 2.17. The zero-order chi connectivity index (χ0) is 18.3. The lowest BCUT2D eigenvalue weighted by Crippen LogP contribution is -2.14. The molecule has 6 nitrogen and oxygen atoms in total. The Bertz CT molecular complexity index is 789. The number of hydrogen-bond donors (Lipinski definition) is 2. The van der Waals surface area contributed by atoms with Crippen LogP contribution in [0.3, 0.4) is 0 Å². The minimum atomic E-state index is -3.65. The van der Waals surface area contributed by atoms with Gasteiger partial charge >= 0.3 is 0 Å². The fourth-order valence-corrected chi connectivity index (χ4v) is 3.65. The number of rotatable bonds is 9. The predicted octanol–water partition coefficient (Wildman–Crippen LogP) is 3.25. The normalized spacial score (nSPS) is 11.2. The lowest BCUT2D eigenvalue weighted by Gasteiger charge is -2.12. The zero-order valence-electron chi connectivity index (χ0n) is 14.7. The second kappa shape index (κ2) is 8.73. The van der Waals surface area contributed by atoms with Crippen LogP contribution in [0.15, 0.2) is 47.4 Å². The molecule has 0 aliphatic rings. The van der Waals surface area contributed by atoms with Gasteiger partial charge in [0.05, 0.1) is 12.0 Å². The number of hydrogen-bond acceptors (Lipinski definition) is 5. The molecule has 0 unspecified atom stereocenters. The van der Waals surface area contributed by atoms with E-state index in [-0.39, 0.29) is 4.90 Å². The van der Waals surface area contributed by atoms with E-state index in [2.05, 4.69) is 10.0 Å². The lowest BCUT2D eigenvalue weighted by molar-refractivity contribution is 0.198. The molecule has 0 fully saturated rings. The first-order valence-electron chi connectivity index (χ1n) is 7.96. The van der Waals surface area contributed by atoms with E-state index in [0.29, 0.717) is 23.6 Å². The van der Waals surface area contributed by atoms with Gasteiger partial charge in [0.15, 0.2) is 0 Å². The third kappa shape index (κ3) is 5.37. The largest absolute Gasteiger partial charge is 0.497 e. The van der Waals surface area contributed by atoms with E-state index in [0.717, 1.165) is 18.7 Å². The topological polar surface area (TPSA) is 76.7 Å². The molecule has 0 aliphatic carbocycles. The highest BCUT2D eigenvalue weighted by atomic mass is 32.2. The molecule has 0 radical (unpaired) electrons. The molecule has 0 bridgehead atoms. The van der Waals surface area contributed by atoms with Crippen LogP contribution < -0.4 is 14.8 Å². The Labute approximate surface area is 149 Å². The third-order valence-electron chi connectivity index (χ3n) is 3.66. The maximum Gasteiger partial charge on any atom is 0.262 e. The first-order chi connectivity index (χ1) is 12.0. The van der Waals surface area contributed by atoms with Crippen LogP contribution in [0.4, 0.5) is 11.4 Å². The molecule has 0 heterocycles. The molecule has 2 aromatic carbocycles. The summed E-state index contributed by atoms with van der Waals surface area (Å²) in [5.41, 5.74) is 2.07. The molecule has 0 amide bonds. The van der Waals surface area contributed by atoms with Gasteiger partial charge in [-0.1, -0.05) is 0 Å². The highest BCUT2D eigenvalue weighted by Crippen LogP contribution is 2.24. The molecule has 0 saturated heterocycles. The number of sulfonamides is 1. The molecule has 25 heavy (non-hydrogen) atoms. The highest BCUT2D eigenvalue weighted by molar-refractivity contribution is 7.92. The second-order valence-electron chi connectivity index (χ2n) is 5.59. The monoisotopic (exact) mass is 364 g/mol. The molecular formula is C18H24N2O4S. The van der Waals surface area contributed by atoms with Crippen LogP contribution in [-0.2, 0) is 14.8 Å². The number of ether oxygens (including phenoxy) is 2. The van der Waals surface area contributed by atoms with Crippen LogP contribution in [0.2, 0.25) is 0 Å². The molecular weight excluding hydrogens is 340 g/mol. The van der Waals surface area contributed by atoms with Crippen molar-refractivity contribution in [2.24, 2.45) is 0 Å². The summed E-state index contributed by atoms with van der Waals surface area (Å²) in [7, 11) is -0.429.